The van der Waals surface area contributed by atoms with E-state index in [0.717, 1.165) is 16.0 Å². The Morgan fingerprint density at radius 2 is 1.82 bits per heavy atom. The number of benzene rings is 2. The molecule has 7 heteroatoms. The molecule has 0 radical (unpaired) electrons. The molecule has 2 aromatic rings. The summed E-state index contributed by atoms with van der Waals surface area (Å²) in [6, 6.07) is 10.3. The van der Waals surface area contributed by atoms with Crippen molar-refractivity contribution in [1.29, 1.82) is 0 Å². The molecule has 1 aliphatic rings. The molecule has 0 saturated carbocycles. The summed E-state index contributed by atoms with van der Waals surface area (Å²) in [5, 5.41) is 5.43. The van der Waals surface area contributed by atoms with Gasteiger partial charge in [-0.3, -0.25) is 14.5 Å². The van der Waals surface area contributed by atoms with Crippen LogP contribution >= 0.6 is 0 Å². The van der Waals surface area contributed by atoms with E-state index in [-0.39, 0.29) is 6.42 Å². The zero-order chi connectivity index (χ0) is 20.5. The molecule has 3 rings (SSSR count). The topological polar surface area (TPSA) is 78.5 Å². The Hall–Kier alpha value is -3.22. The van der Waals surface area contributed by atoms with E-state index in [9.17, 15) is 18.8 Å². The average molecular weight is 383 g/mol. The van der Waals surface area contributed by atoms with Crippen LogP contribution in [0.1, 0.15) is 30.0 Å². The van der Waals surface area contributed by atoms with Crippen LogP contribution in [0, 0.1) is 19.7 Å². The molecular weight excluding hydrogens is 361 g/mol. The third-order valence-electron chi connectivity index (χ3n) is 5.22. The Kier molecular flexibility index (Phi) is 5.18. The van der Waals surface area contributed by atoms with Crippen molar-refractivity contribution in [3.8, 4) is 0 Å². The molecule has 0 unspecified atom stereocenters. The Morgan fingerprint density at radius 3 is 2.46 bits per heavy atom. The average Bonchev–Trinajstić information content (AvgIpc) is 2.91. The van der Waals surface area contributed by atoms with Crippen LogP contribution < -0.4 is 10.6 Å². The number of aryl methyl sites for hydroxylation is 1. The number of carbonyl (C=O) groups excluding carboxylic acids is 3. The molecule has 1 heterocycles. The second kappa shape index (κ2) is 7.42. The monoisotopic (exact) mass is 383 g/mol. The van der Waals surface area contributed by atoms with Gasteiger partial charge in [-0.05, 0) is 55.2 Å². The summed E-state index contributed by atoms with van der Waals surface area (Å²) >= 11 is 0. The molecule has 0 spiro atoms. The van der Waals surface area contributed by atoms with Gasteiger partial charge in [0.2, 0.25) is 5.91 Å². The fourth-order valence-electron chi connectivity index (χ4n) is 3.36. The second-order valence-electron chi connectivity index (χ2n) is 6.88. The lowest BCUT2D eigenvalue weighted by Gasteiger charge is -2.25. The highest BCUT2D eigenvalue weighted by Crippen LogP contribution is 2.32. The number of hydrogen-bond donors (Lipinski definition) is 2. The quantitative estimate of drug-likeness (QED) is 0.778. The molecule has 0 aromatic heterocycles. The van der Waals surface area contributed by atoms with E-state index >= 15 is 0 Å². The summed E-state index contributed by atoms with van der Waals surface area (Å²) in [6.07, 6.45) is 0.276. The number of nitrogens with one attached hydrogen (secondary N) is 2. The van der Waals surface area contributed by atoms with Crippen LogP contribution in [-0.4, -0.2) is 29.3 Å². The van der Waals surface area contributed by atoms with Gasteiger partial charge in [0.1, 0.15) is 17.9 Å². The predicted molar refractivity (Wildman–Crippen MR) is 103 cm³/mol. The van der Waals surface area contributed by atoms with Crippen LogP contribution in [0.3, 0.4) is 0 Å². The van der Waals surface area contributed by atoms with Gasteiger partial charge < -0.3 is 10.6 Å². The smallest absolute Gasteiger partial charge is 0.324 e. The summed E-state index contributed by atoms with van der Waals surface area (Å²) in [6.45, 7) is 5.16. The molecule has 146 valence electrons. The van der Waals surface area contributed by atoms with Gasteiger partial charge in [-0.2, -0.15) is 0 Å². The molecule has 1 atom stereocenters. The van der Waals surface area contributed by atoms with Crippen LogP contribution in [0.2, 0.25) is 0 Å². The van der Waals surface area contributed by atoms with Crippen LogP contribution in [0.5, 0.6) is 0 Å². The first-order valence-electron chi connectivity index (χ1n) is 9.04. The van der Waals surface area contributed by atoms with Crippen LogP contribution in [-0.2, 0) is 15.1 Å². The minimum Gasteiger partial charge on any atom is -0.324 e. The van der Waals surface area contributed by atoms with E-state index in [1.165, 1.54) is 24.3 Å². The SMILES string of the molecule is CC[C@@]1(c2ccc(F)cc2)NC(=O)N(CC(=O)Nc2cccc(C)c2C)C1=O. The fraction of sp³-hybridized carbons (Fsp3) is 0.286. The first-order chi connectivity index (χ1) is 13.3. The van der Waals surface area contributed by atoms with Crippen LogP contribution in [0.15, 0.2) is 42.5 Å². The number of nitrogens with zero attached hydrogens (tertiary/aromatic N) is 1. The highest BCUT2D eigenvalue weighted by Gasteiger charge is 2.51. The molecule has 2 aromatic carbocycles. The van der Waals surface area contributed by atoms with Gasteiger partial charge in [-0.15, -0.1) is 0 Å². The fourth-order valence-corrected chi connectivity index (χ4v) is 3.36. The minimum atomic E-state index is -1.30. The van der Waals surface area contributed by atoms with Crippen molar-refractivity contribution in [3.63, 3.8) is 0 Å². The van der Waals surface area contributed by atoms with Gasteiger partial charge in [0.05, 0.1) is 0 Å². The number of urea groups is 1. The van der Waals surface area contributed by atoms with Crippen molar-refractivity contribution in [2.75, 3.05) is 11.9 Å². The Bertz CT molecular complexity index is 942. The Morgan fingerprint density at radius 1 is 1.14 bits per heavy atom. The normalized spacial score (nSPS) is 18.9. The maximum Gasteiger partial charge on any atom is 0.325 e. The van der Waals surface area contributed by atoms with Gasteiger partial charge >= 0.3 is 6.03 Å². The van der Waals surface area contributed by atoms with E-state index in [0.29, 0.717) is 11.3 Å². The van der Waals surface area contributed by atoms with Crippen molar-refractivity contribution in [2.45, 2.75) is 32.7 Å². The maximum atomic E-state index is 13.3. The maximum absolute atomic E-state index is 13.3. The lowest BCUT2D eigenvalue weighted by Crippen LogP contribution is -2.44. The van der Waals surface area contributed by atoms with Crippen molar-refractivity contribution in [2.24, 2.45) is 0 Å². The highest BCUT2D eigenvalue weighted by molar-refractivity contribution is 6.10. The van der Waals surface area contributed by atoms with Crippen molar-refractivity contribution < 1.29 is 18.8 Å². The molecular formula is C21H22FN3O3. The molecule has 4 amide bonds. The van der Waals surface area contributed by atoms with Gasteiger partial charge in [-0.1, -0.05) is 31.2 Å². The zero-order valence-electron chi connectivity index (χ0n) is 16.0. The summed E-state index contributed by atoms with van der Waals surface area (Å²) in [4.78, 5) is 38.8. The van der Waals surface area contributed by atoms with E-state index in [4.69, 9.17) is 0 Å². The number of imide groups is 1. The number of carbonyl (C=O) groups is 3. The van der Waals surface area contributed by atoms with Gasteiger partial charge in [-0.25, -0.2) is 9.18 Å². The molecule has 1 saturated heterocycles. The van der Waals surface area contributed by atoms with E-state index in [1.807, 2.05) is 26.0 Å². The number of amides is 4. The van der Waals surface area contributed by atoms with Crippen molar-refractivity contribution in [1.82, 2.24) is 10.2 Å². The number of rotatable bonds is 5. The molecule has 0 aliphatic carbocycles. The van der Waals surface area contributed by atoms with Crippen LogP contribution in [0.4, 0.5) is 14.9 Å². The predicted octanol–water partition coefficient (Wildman–Crippen LogP) is 3.24. The minimum absolute atomic E-state index is 0.276. The summed E-state index contributed by atoms with van der Waals surface area (Å²) < 4.78 is 13.3. The van der Waals surface area contributed by atoms with Crippen molar-refractivity contribution >= 4 is 23.5 Å². The largest absolute Gasteiger partial charge is 0.325 e. The van der Waals surface area contributed by atoms with E-state index < -0.39 is 35.7 Å². The molecule has 1 aliphatic heterocycles. The molecule has 28 heavy (non-hydrogen) atoms. The number of hydrogen-bond acceptors (Lipinski definition) is 3. The molecule has 6 nitrogen and oxygen atoms in total. The standard InChI is InChI=1S/C21H22FN3O3/c1-4-21(15-8-10-16(22)11-9-15)19(27)25(20(28)24-21)12-18(26)23-17-7-5-6-13(2)14(17)3/h5-11H,4,12H2,1-3H3,(H,23,26)(H,24,28)/t21-/m0/s1. The Labute approximate surface area is 162 Å². The van der Waals surface area contributed by atoms with Crippen molar-refractivity contribution in [3.05, 3.63) is 65.0 Å². The molecule has 2 N–H and O–H groups in total. The summed E-state index contributed by atoms with van der Waals surface area (Å²) in [5.41, 5.74) is 1.76. The van der Waals surface area contributed by atoms with Gasteiger partial charge in [0, 0.05) is 5.69 Å². The van der Waals surface area contributed by atoms with E-state index in [2.05, 4.69) is 10.6 Å². The number of halogens is 1. The molecule has 1 fully saturated rings. The first-order valence-corrected chi connectivity index (χ1v) is 9.04. The lowest BCUT2D eigenvalue weighted by molar-refractivity contribution is -0.134. The number of anilines is 1. The third-order valence-corrected chi connectivity index (χ3v) is 5.22. The summed E-state index contributed by atoms with van der Waals surface area (Å²) in [5.74, 6) is -1.43. The van der Waals surface area contributed by atoms with Crippen LogP contribution in [0.25, 0.3) is 0 Å². The van der Waals surface area contributed by atoms with Gasteiger partial charge in [0.25, 0.3) is 5.91 Å². The lowest BCUT2D eigenvalue weighted by atomic mass is 9.87. The second-order valence-corrected chi connectivity index (χ2v) is 6.88. The Balaban J connectivity index is 1.80. The summed E-state index contributed by atoms with van der Waals surface area (Å²) in [7, 11) is 0. The van der Waals surface area contributed by atoms with E-state index in [1.54, 1.807) is 13.0 Å². The highest BCUT2D eigenvalue weighted by atomic mass is 19.1. The molecule has 0 bridgehead atoms. The zero-order valence-corrected chi connectivity index (χ0v) is 16.0. The third kappa shape index (κ3) is 3.35. The van der Waals surface area contributed by atoms with Gasteiger partial charge in [0.15, 0.2) is 0 Å². The first kappa shape index (κ1) is 19.5.